The second kappa shape index (κ2) is 13.4. The molecule has 0 unspecified atom stereocenters. The van der Waals surface area contributed by atoms with E-state index in [4.69, 9.17) is 14.2 Å². The molecule has 0 spiro atoms. The Labute approximate surface area is 258 Å². The van der Waals surface area contributed by atoms with Crippen molar-refractivity contribution in [2.24, 2.45) is 28.1 Å². The minimum Gasteiger partial charge on any atom is -0.465 e. The summed E-state index contributed by atoms with van der Waals surface area (Å²) in [6.07, 6.45) is 11.6. The van der Waals surface area contributed by atoms with E-state index in [0.29, 0.717) is 19.3 Å². The predicted octanol–water partition coefficient (Wildman–Crippen LogP) is 7.40. The number of ether oxygens (including phenoxy) is 3. The molecule has 0 aliphatic heterocycles. The summed E-state index contributed by atoms with van der Waals surface area (Å²) < 4.78 is 17.0. The lowest BCUT2D eigenvalue weighted by Gasteiger charge is -2.62. The molecule has 0 aromatic heterocycles. The maximum absolute atomic E-state index is 13.8. The third-order valence-electron chi connectivity index (χ3n) is 10.6. The molecule has 43 heavy (non-hydrogen) atoms. The number of hydrogen-bond donors (Lipinski definition) is 0. The van der Waals surface area contributed by atoms with Crippen LogP contribution in [0.5, 0.6) is 0 Å². The molecule has 0 amide bonds. The highest BCUT2D eigenvalue weighted by molar-refractivity contribution is 6.00. The van der Waals surface area contributed by atoms with E-state index in [9.17, 15) is 19.2 Å². The van der Waals surface area contributed by atoms with Gasteiger partial charge in [0.1, 0.15) is 18.8 Å². The fraction of sp³-hybridized carbons (Fsp3) is 0.667. The zero-order valence-corrected chi connectivity index (χ0v) is 27.9. The van der Waals surface area contributed by atoms with Crippen LogP contribution >= 0.6 is 0 Å². The summed E-state index contributed by atoms with van der Waals surface area (Å²) in [5.74, 6) is -0.528. The molecule has 7 atom stereocenters. The molecule has 0 heterocycles. The molecule has 0 aromatic carbocycles. The quantitative estimate of drug-likeness (QED) is 0.0900. The lowest BCUT2D eigenvalue weighted by molar-refractivity contribution is -0.203. The Morgan fingerprint density at radius 3 is 2.16 bits per heavy atom. The van der Waals surface area contributed by atoms with Crippen molar-refractivity contribution >= 4 is 23.7 Å². The number of hydrogen-bond acceptors (Lipinski definition) is 7. The monoisotopic (exact) mass is 596 g/mol. The van der Waals surface area contributed by atoms with Gasteiger partial charge in [-0.2, -0.15) is 0 Å². The van der Waals surface area contributed by atoms with Crippen LogP contribution in [0.15, 0.2) is 46.6 Å². The van der Waals surface area contributed by atoms with E-state index in [1.165, 1.54) is 26.3 Å². The maximum atomic E-state index is 13.8. The average Bonchev–Trinajstić information content (AvgIpc) is 3.17. The molecule has 3 saturated carbocycles. The average molecular weight is 597 g/mol. The largest absolute Gasteiger partial charge is 0.465 e. The van der Waals surface area contributed by atoms with Crippen LogP contribution in [0.2, 0.25) is 0 Å². The van der Waals surface area contributed by atoms with E-state index in [0.717, 1.165) is 36.0 Å². The minimum atomic E-state index is -0.539. The van der Waals surface area contributed by atoms with Crippen LogP contribution in [0.1, 0.15) is 108 Å². The number of allylic oxidation sites excluding steroid dienone is 6. The Bertz CT molecular complexity index is 1250. The first kappa shape index (κ1) is 34.5. The highest BCUT2D eigenvalue weighted by Crippen LogP contribution is 2.69. The van der Waals surface area contributed by atoms with Crippen molar-refractivity contribution in [2.45, 2.75) is 120 Å². The number of fused-ring (bicyclic) bond motifs is 3. The van der Waals surface area contributed by atoms with Gasteiger partial charge in [-0.25, -0.2) is 0 Å². The third kappa shape index (κ3) is 7.24. The number of esters is 3. The number of ketones is 1. The Kier molecular flexibility index (Phi) is 10.7. The van der Waals surface area contributed by atoms with Crippen LogP contribution in [-0.2, 0) is 33.4 Å². The van der Waals surface area contributed by atoms with E-state index in [-0.39, 0.29) is 65.2 Å². The van der Waals surface area contributed by atoms with Crippen molar-refractivity contribution in [2.75, 3.05) is 6.61 Å². The first-order chi connectivity index (χ1) is 20.0. The molecular weight excluding hydrogens is 544 g/mol. The van der Waals surface area contributed by atoms with Crippen molar-refractivity contribution in [3.05, 3.63) is 46.6 Å². The van der Waals surface area contributed by atoms with E-state index in [2.05, 4.69) is 26.8 Å². The normalized spacial score (nSPS) is 34.1. The lowest BCUT2D eigenvalue weighted by atomic mass is 9.43. The zero-order chi connectivity index (χ0) is 32.3. The number of rotatable bonds is 9. The van der Waals surface area contributed by atoms with Crippen molar-refractivity contribution in [1.29, 1.82) is 0 Å². The molecule has 3 aliphatic rings. The molecular formula is C36H52O7. The minimum absolute atomic E-state index is 0.128. The van der Waals surface area contributed by atoms with Crippen molar-refractivity contribution < 1.29 is 33.4 Å². The summed E-state index contributed by atoms with van der Waals surface area (Å²) >= 11 is 0. The molecule has 3 aliphatic carbocycles. The van der Waals surface area contributed by atoms with Gasteiger partial charge in [0.05, 0.1) is 0 Å². The van der Waals surface area contributed by atoms with Gasteiger partial charge in [0, 0.05) is 50.0 Å². The van der Waals surface area contributed by atoms with Crippen molar-refractivity contribution in [3.8, 4) is 0 Å². The van der Waals surface area contributed by atoms with Crippen LogP contribution < -0.4 is 0 Å². The van der Waals surface area contributed by atoms with Gasteiger partial charge in [-0.05, 0) is 81.8 Å². The first-order valence-corrected chi connectivity index (χ1v) is 15.7. The third-order valence-corrected chi connectivity index (χ3v) is 10.6. The number of carbonyl (C=O) groups is 4. The van der Waals surface area contributed by atoms with E-state index in [1.807, 2.05) is 45.9 Å². The van der Waals surface area contributed by atoms with Gasteiger partial charge >= 0.3 is 17.9 Å². The Hall–Kier alpha value is -2.96. The number of Topliss-reactive ketones (excluding diaryl/α,β-unsaturated/α-hetero) is 1. The molecule has 238 valence electrons. The summed E-state index contributed by atoms with van der Waals surface area (Å²) in [7, 11) is 0. The van der Waals surface area contributed by atoms with Gasteiger partial charge in [0.25, 0.3) is 0 Å². The molecule has 0 aromatic rings. The summed E-state index contributed by atoms with van der Waals surface area (Å²) in [5.41, 5.74) is 2.97. The van der Waals surface area contributed by atoms with Gasteiger partial charge in [0.2, 0.25) is 0 Å². The van der Waals surface area contributed by atoms with Gasteiger partial charge in [-0.3, -0.25) is 19.2 Å². The highest BCUT2D eigenvalue weighted by atomic mass is 16.6. The SMILES string of the molecule is CC(=O)OC[C@]1(C)[C@@H]2CC[C@]3(C)C(=C(C)/C=C/C=C(\C)[C@H](CC=C(C)C)OC(C)=O)C(=O)C[C@H]3[C@@]2(C)CC[C@H]1OC(C)=O. The van der Waals surface area contributed by atoms with E-state index >= 15 is 0 Å². The Morgan fingerprint density at radius 1 is 0.907 bits per heavy atom. The molecule has 0 saturated heterocycles. The van der Waals surface area contributed by atoms with Crippen LogP contribution in [0.25, 0.3) is 0 Å². The van der Waals surface area contributed by atoms with E-state index in [1.54, 1.807) is 0 Å². The maximum Gasteiger partial charge on any atom is 0.303 e. The number of carbonyl (C=O) groups excluding carboxylic acids is 4. The van der Waals surface area contributed by atoms with Gasteiger partial charge in [-0.1, -0.05) is 50.6 Å². The highest BCUT2D eigenvalue weighted by Gasteiger charge is 2.66. The van der Waals surface area contributed by atoms with Crippen LogP contribution in [0, 0.1) is 28.1 Å². The molecule has 3 rings (SSSR count). The molecule has 0 N–H and O–H groups in total. The Balaban J connectivity index is 1.93. The first-order valence-electron chi connectivity index (χ1n) is 15.7. The molecule has 0 bridgehead atoms. The standard InChI is InChI=1S/C36H52O7/c1-22(2)14-15-29(42-26(6)38)23(3)12-11-13-24(4)33-28(40)20-31-34(8)19-17-32(43-27(7)39)36(10,21-41-25(5)37)30(34)16-18-35(31,33)9/h11-14,29-32H,15-21H2,1-10H3/b13-11+,23-12+,33-24?/t29-,30+,31-,32+,34-,35-,36+/m0/s1. The van der Waals surface area contributed by atoms with Crippen molar-refractivity contribution in [1.82, 2.24) is 0 Å². The van der Waals surface area contributed by atoms with Crippen LogP contribution in [-0.4, -0.2) is 42.5 Å². The Morgan fingerprint density at radius 2 is 1.58 bits per heavy atom. The van der Waals surface area contributed by atoms with Gasteiger partial charge < -0.3 is 14.2 Å². The molecule has 0 radical (unpaired) electrons. The summed E-state index contributed by atoms with van der Waals surface area (Å²) in [6.45, 7) is 19.1. The summed E-state index contributed by atoms with van der Waals surface area (Å²) in [5, 5.41) is 0. The molecule has 3 fully saturated rings. The van der Waals surface area contributed by atoms with Gasteiger partial charge in [-0.15, -0.1) is 0 Å². The lowest BCUT2D eigenvalue weighted by Crippen LogP contribution is -2.60. The second-order valence-electron chi connectivity index (χ2n) is 14.1. The smallest absolute Gasteiger partial charge is 0.303 e. The topological polar surface area (TPSA) is 96.0 Å². The summed E-state index contributed by atoms with van der Waals surface area (Å²) in [4.78, 5) is 49.3. The van der Waals surface area contributed by atoms with Crippen LogP contribution in [0.4, 0.5) is 0 Å². The van der Waals surface area contributed by atoms with Crippen LogP contribution in [0.3, 0.4) is 0 Å². The zero-order valence-electron chi connectivity index (χ0n) is 27.9. The van der Waals surface area contributed by atoms with Crippen molar-refractivity contribution in [3.63, 3.8) is 0 Å². The predicted molar refractivity (Wildman–Crippen MR) is 167 cm³/mol. The van der Waals surface area contributed by atoms with E-state index < -0.39 is 5.41 Å². The second-order valence-corrected chi connectivity index (χ2v) is 14.1. The molecule has 7 heteroatoms. The fourth-order valence-electron chi connectivity index (χ4n) is 8.63. The molecule has 7 nitrogen and oxygen atoms in total. The fourth-order valence-corrected chi connectivity index (χ4v) is 8.63. The summed E-state index contributed by atoms with van der Waals surface area (Å²) in [6, 6.07) is 0. The van der Waals surface area contributed by atoms with Gasteiger partial charge in [0.15, 0.2) is 5.78 Å².